The van der Waals surface area contributed by atoms with Gasteiger partial charge in [-0.2, -0.15) is 5.26 Å². The van der Waals surface area contributed by atoms with Crippen LogP contribution in [-0.4, -0.2) is 0 Å². The molecular formula is C18H16N2S. The van der Waals surface area contributed by atoms with Crippen molar-refractivity contribution in [2.75, 3.05) is 5.32 Å². The number of hydrogen-bond acceptors (Lipinski definition) is 3. The van der Waals surface area contributed by atoms with Crippen LogP contribution in [0.3, 0.4) is 0 Å². The molecule has 21 heavy (non-hydrogen) atoms. The van der Waals surface area contributed by atoms with Gasteiger partial charge in [0.05, 0.1) is 11.6 Å². The number of thiophene rings is 1. The van der Waals surface area contributed by atoms with E-state index in [1.807, 2.05) is 30.3 Å². The van der Waals surface area contributed by atoms with Gasteiger partial charge < -0.3 is 5.32 Å². The first-order chi connectivity index (χ1) is 10.3. The van der Waals surface area contributed by atoms with Gasteiger partial charge in [0.2, 0.25) is 0 Å². The van der Waals surface area contributed by atoms with E-state index in [4.69, 9.17) is 0 Å². The molecule has 0 spiro atoms. The number of nitriles is 1. The van der Waals surface area contributed by atoms with Gasteiger partial charge in [0.1, 0.15) is 0 Å². The molecule has 0 atom stereocenters. The van der Waals surface area contributed by atoms with E-state index in [0.29, 0.717) is 0 Å². The third-order valence-corrected chi connectivity index (χ3v) is 4.67. The van der Waals surface area contributed by atoms with Gasteiger partial charge in [-0.05, 0) is 35.6 Å². The van der Waals surface area contributed by atoms with Crippen LogP contribution in [0.25, 0.3) is 10.8 Å². The summed E-state index contributed by atoms with van der Waals surface area (Å²) in [6, 6.07) is 16.4. The number of rotatable bonds is 4. The molecule has 1 N–H and O–H groups in total. The van der Waals surface area contributed by atoms with E-state index in [0.717, 1.165) is 35.0 Å². The molecule has 0 aliphatic heterocycles. The summed E-state index contributed by atoms with van der Waals surface area (Å²) in [6.45, 7) is 3.01. The number of fused-ring (bicyclic) bond motifs is 1. The van der Waals surface area contributed by atoms with Crippen LogP contribution in [0.15, 0.2) is 47.8 Å². The maximum Gasteiger partial charge on any atom is 0.0998 e. The fraction of sp³-hybridized carbons (Fsp3) is 0.167. The lowest BCUT2D eigenvalue weighted by Gasteiger charge is -2.11. The Kier molecular flexibility index (Phi) is 3.89. The topological polar surface area (TPSA) is 35.8 Å². The van der Waals surface area contributed by atoms with Gasteiger partial charge in [-0.15, -0.1) is 11.3 Å². The molecule has 0 unspecified atom stereocenters. The van der Waals surface area contributed by atoms with Gasteiger partial charge in [0.25, 0.3) is 0 Å². The first-order valence-electron chi connectivity index (χ1n) is 7.04. The molecule has 2 nitrogen and oxygen atoms in total. The molecule has 0 aliphatic carbocycles. The molecule has 3 rings (SSSR count). The van der Waals surface area contributed by atoms with E-state index in [1.54, 1.807) is 11.3 Å². The SMILES string of the molecule is CCc1ccsc1CNc1ccc(C#N)c2ccccc12. The van der Waals surface area contributed by atoms with Crippen molar-refractivity contribution in [1.29, 1.82) is 5.26 Å². The Bertz CT molecular complexity index is 811. The number of benzene rings is 2. The minimum Gasteiger partial charge on any atom is -0.380 e. The minimum absolute atomic E-state index is 0.724. The summed E-state index contributed by atoms with van der Waals surface area (Å²) in [5.74, 6) is 0. The summed E-state index contributed by atoms with van der Waals surface area (Å²) in [5, 5.41) is 17.0. The Morgan fingerprint density at radius 3 is 2.67 bits per heavy atom. The summed E-state index contributed by atoms with van der Waals surface area (Å²) < 4.78 is 0. The fourth-order valence-corrected chi connectivity index (χ4v) is 3.48. The van der Waals surface area contributed by atoms with E-state index < -0.39 is 0 Å². The molecule has 0 saturated heterocycles. The smallest absolute Gasteiger partial charge is 0.0998 e. The van der Waals surface area contributed by atoms with Gasteiger partial charge in [-0.25, -0.2) is 0 Å². The largest absolute Gasteiger partial charge is 0.380 e. The van der Waals surface area contributed by atoms with Gasteiger partial charge in [0.15, 0.2) is 0 Å². The molecule has 3 heteroatoms. The number of hydrogen-bond donors (Lipinski definition) is 1. The highest BCUT2D eigenvalue weighted by Gasteiger charge is 2.07. The van der Waals surface area contributed by atoms with E-state index in [-0.39, 0.29) is 0 Å². The van der Waals surface area contributed by atoms with Crippen LogP contribution in [0, 0.1) is 11.3 Å². The summed E-state index contributed by atoms with van der Waals surface area (Å²) in [7, 11) is 0. The number of nitrogens with one attached hydrogen (secondary N) is 1. The van der Waals surface area contributed by atoms with Gasteiger partial charge in [-0.3, -0.25) is 0 Å². The molecule has 0 fully saturated rings. The molecular weight excluding hydrogens is 276 g/mol. The van der Waals surface area contributed by atoms with E-state index in [9.17, 15) is 5.26 Å². The van der Waals surface area contributed by atoms with Gasteiger partial charge >= 0.3 is 0 Å². The maximum atomic E-state index is 9.21. The van der Waals surface area contributed by atoms with Crippen molar-refractivity contribution < 1.29 is 0 Å². The standard InChI is InChI=1S/C18H16N2S/c1-2-13-9-10-21-18(13)12-20-17-8-7-14(11-19)15-5-3-4-6-16(15)17/h3-10,20H,2,12H2,1H3. The van der Waals surface area contributed by atoms with Crippen LogP contribution >= 0.6 is 11.3 Å². The van der Waals surface area contributed by atoms with Crippen LogP contribution in [0.2, 0.25) is 0 Å². The van der Waals surface area contributed by atoms with E-state index >= 15 is 0 Å². The highest BCUT2D eigenvalue weighted by atomic mass is 32.1. The Labute approximate surface area is 128 Å². The Balaban J connectivity index is 1.93. The lowest BCUT2D eigenvalue weighted by atomic mass is 10.0. The quantitative estimate of drug-likeness (QED) is 0.738. The first kappa shape index (κ1) is 13.7. The predicted molar refractivity (Wildman–Crippen MR) is 89.7 cm³/mol. The second-order valence-electron chi connectivity index (χ2n) is 4.89. The molecule has 104 valence electrons. The second-order valence-corrected chi connectivity index (χ2v) is 5.89. The average molecular weight is 292 g/mol. The molecule has 1 aromatic heterocycles. The molecule has 0 radical (unpaired) electrons. The van der Waals surface area contributed by atoms with Crippen LogP contribution in [-0.2, 0) is 13.0 Å². The zero-order valence-corrected chi connectivity index (χ0v) is 12.7. The Hall–Kier alpha value is -2.31. The Morgan fingerprint density at radius 1 is 1.10 bits per heavy atom. The summed E-state index contributed by atoms with van der Waals surface area (Å²) in [5.41, 5.74) is 3.21. The van der Waals surface area contributed by atoms with E-state index in [2.05, 4.69) is 35.8 Å². The fourth-order valence-electron chi connectivity index (χ4n) is 2.56. The van der Waals surface area contributed by atoms with Gasteiger partial charge in [-0.1, -0.05) is 31.2 Å². The van der Waals surface area contributed by atoms with E-state index in [1.165, 1.54) is 10.4 Å². The predicted octanol–water partition coefficient (Wildman–Crippen LogP) is 4.95. The third kappa shape index (κ3) is 2.63. The molecule has 2 aromatic carbocycles. The highest BCUT2D eigenvalue weighted by molar-refractivity contribution is 7.10. The monoisotopic (exact) mass is 292 g/mol. The third-order valence-electron chi connectivity index (χ3n) is 3.70. The lowest BCUT2D eigenvalue weighted by Crippen LogP contribution is -2.00. The van der Waals surface area contributed by atoms with Crippen LogP contribution in [0.5, 0.6) is 0 Å². The van der Waals surface area contributed by atoms with Crippen molar-refractivity contribution >= 4 is 27.8 Å². The van der Waals surface area contributed by atoms with Gasteiger partial charge in [0, 0.05) is 27.9 Å². The van der Waals surface area contributed by atoms with Crippen molar-refractivity contribution in [2.45, 2.75) is 19.9 Å². The molecule has 0 aliphatic rings. The van der Waals surface area contributed by atoms with Crippen LogP contribution < -0.4 is 5.32 Å². The highest BCUT2D eigenvalue weighted by Crippen LogP contribution is 2.27. The Morgan fingerprint density at radius 2 is 1.90 bits per heavy atom. The minimum atomic E-state index is 0.724. The van der Waals surface area contributed by atoms with Crippen LogP contribution in [0.4, 0.5) is 5.69 Å². The van der Waals surface area contributed by atoms with Crippen LogP contribution in [0.1, 0.15) is 22.9 Å². The molecule has 3 aromatic rings. The van der Waals surface area contributed by atoms with Crippen molar-refractivity contribution in [3.63, 3.8) is 0 Å². The maximum absolute atomic E-state index is 9.21. The molecule has 0 amide bonds. The van der Waals surface area contributed by atoms with Crippen molar-refractivity contribution in [3.8, 4) is 6.07 Å². The zero-order valence-electron chi connectivity index (χ0n) is 11.9. The number of nitrogens with zero attached hydrogens (tertiary/aromatic N) is 1. The zero-order chi connectivity index (χ0) is 14.7. The van der Waals surface area contributed by atoms with Crippen molar-refractivity contribution in [3.05, 3.63) is 63.8 Å². The first-order valence-corrected chi connectivity index (χ1v) is 7.92. The summed E-state index contributed by atoms with van der Waals surface area (Å²) in [6.07, 6.45) is 1.06. The number of anilines is 1. The second kappa shape index (κ2) is 5.99. The molecule has 1 heterocycles. The normalized spacial score (nSPS) is 10.5. The summed E-state index contributed by atoms with van der Waals surface area (Å²) >= 11 is 1.79. The molecule has 0 bridgehead atoms. The lowest BCUT2D eigenvalue weighted by molar-refractivity contribution is 1.08. The number of aryl methyl sites for hydroxylation is 1. The van der Waals surface area contributed by atoms with Crippen molar-refractivity contribution in [1.82, 2.24) is 0 Å². The molecule has 0 saturated carbocycles. The summed E-state index contributed by atoms with van der Waals surface area (Å²) in [4.78, 5) is 1.38. The average Bonchev–Trinajstić information content (AvgIpc) is 3.00. The van der Waals surface area contributed by atoms with Crippen molar-refractivity contribution in [2.24, 2.45) is 0 Å².